The number of phenolic OH excluding ortho intramolecular Hbond substituents is 1. The van der Waals surface area contributed by atoms with Crippen molar-refractivity contribution in [2.45, 2.75) is 78.4 Å². The van der Waals surface area contributed by atoms with Gasteiger partial charge in [0.25, 0.3) is 0 Å². The molecule has 0 saturated carbocycles. The van der Waals surface area contributed by atoms with Crippen molar-refractivity contribution in [1.29, 1.82) is 0 Å². The zero-order valence-electron chi connectivity index (χ0n) is 14.5. The van der Waals surface area contributed by atoms with Gasteiger partial charge in [-0.15, -0.1) is 0 Å². The van der Waals surface area contributed by atoms with E-state index in [0.717, 1.165) is 17.5 Å². The maximum atomic E-state index is 10.4. The highest BCUT2D eigenvalue weighted by molar-refractivity contribution is 7.79. The van der Waals surface area contributed by atoms with E-state index >= 15 is 0 Å². The molecular weight excluding hydrogens is 264 g/mol. The standard InChI is InChI=1S/C16H26OS.C2H6/c1-7-16(5,6)13-9-12(15(2,3)4)8-11(10-18)14(13)17;1-2/h8-9,17-18H,7,10H2,1-6H3;1-2H3. The van der Waals surface area contributed by atoms with Crippen LogP contribution in [0.3, 0.4) is 0 Å². The lowest BCUT2D eigenvalue weighted by Gasteiger charge is -2.29. The Morgan fingerprint density at radius 1 is 1.05 bits per heavy atom. The first kappa shape index (κ1) is 19.4. The molecule has 0 aliphatic carbocycles. The van der Waals surface area contributed by atoms with E-state index in [2.05, 4.69) is 66.3 Å². The van der Waals surface area contributed by atoms with Crippen LogP contribution in [-0.2, 0) is 16.6 Å². The zero-order valence-corrected chi connectivity index (χ0v) is 15.4. The summed E-state index contributed by atoms with van der Waals surface area (Å²) in [4.78, 5) is 0. The summed E-state index contributed by atoms with van der Waals surface area (Å²) in [6, 6.07) is 4.24. The molecule has 0 unspecified atom stereocenters. The molecule has 0 radical (unpaired) electrons. The molecule has 0 atom stereocenters. The number of benzene rings is 1. The molecule has 0 aliphatic rings. The molecule has 1 nitrogen and oxygen atoms in total. The molecule has 1 N–H and O–H groups in total. The van der Waals surface area contributed by atoms with E-state index < -0.39 is 0 Å². The van der Waals surface area contributed by atoms with Gasteiger partial charge in [-0.1, -0.05) is 67.5 Å². The lowest BCUT2D eigenvalue weighted by Crippen LogP contribution is -2.19. The second-order valence-electron chi connectivity index (χ2n) is 6.68. The van der Waals surface area contributed by atoms with Crippen molar-refractivity contribution < 1.29 is 5.11 Å². The van der Waals surface area contributed by atoms with Gasteiger partial charge >= 0.3 is 0 Å². The summed E-state index contributed by atoms with van der Waals surface area (Å²) in [5.74, 6) is 0.993. The van der Waals surface area contributed by atoms with E-state index in [1.165, 1.54) is 5.56 Å². The molecule has 0 heterocycles. The van der Waals surface area contributed by atoms with Gasteiger partial charge in [0, 0.05) is 16.9 Å². The Kier molecular flexibility index (Phi) is 7.17. The number of thiol groups is 1. The second-order valence-corrected chi connectivity index (χ2v) is 6.99. The molecule has 1 aromatic carbocycles. The van der Waals surface area contributed by atoms with E-state index in [9.17, 15) is 5.11 Å². The fourth-order valence-electron chi connectivity index (χ4n) is 1.95. The highest BCUT2D eigenvalue weighted by Gasteiger charge is 2.26. The van der Waals surface area contributed by atoms with Crippen molar-refractivity contribution in [2.24, 2.45) is 0 Å². The van der Waals surface area contributed by atoms with Gasteiger partial charge in [0.1, 0.15) is 5.75 Å². The van der Waals surface area contributed by atoms with Crippen LogP contribution in [0.5, 0.6) is 5.75 Å². The first-order valence-electron chi connectivity index (χ1n) is 7.61. The van der Waals surface area contributed by atoms with Crippen molar-refractivity contribution in [3.05, 3.63) is 28.8 Å². The molecule has 2 heteroatoms. The lowest BCUT2D eigenvalue weighted by molar-refractivity contribution is 0.423. The van der Waals surface area contributed by atoms with Crippen LogP contribution in [0.4, 0.5) is 0 Å². The summed E-state index contributed by atoms with van der Waals surface area (Å²) in [6.07, 6.45) is 1.00. The number of hydrogen-bond acceptors (Lipinski definition) is 2. The van der Waals surface area contributed by atoms with Crippen LogP contribution in [0, 0.1) is 0 Å². The molecule has 0 aliphatic heterocycles. The third kappa shape index (κ3) is 4.44. The van der Waals surface area contributed by atoms with Gasteiger partial charge in [-0.25, -0.2) is 0 Å². The van der Waals surface area contributed by atoms with Crippen LogP contribution in [0.1, 0.15) is 78.5 Å². The number of aromatic hydroxyl groups is 1. The molecule has 0 fully saturated rings. The fraction of sp³-hybridized carbons (Fsp3) is 0.667. The molecule has 0 saturated heterocycles. The third-order valence-corrected chi connectivity index (χ3v) is 4.18. The van der Waals surface area contributed by atoms with Gasteiger partial charge in [0.05, 0.1) is 0 Å². The summed E-state index contributed by atoms with van der Waals surface area (Å²) in [5.41, 5.74) is 3.32. The van der Waals surface area contributed by atoms with Gasteiger partial charge in [-0.2, -0.15) is 12.6 Å². The normalized spacial score (nSPS) is 11.8. The zero-order chi connectivity index (χ0) is 16.1. The minimum absolute atomic E-state index is 0.0109. The van der Waals surface area contributed by atoms with Crippen molar-refractivity contribution >= 4 is 12.6 Å². The predicted molar refractivity (Wildman–Crippen MR) is 94.2 cm³/mol. The van der Waals surface area contributed by atoms with Crippen molar-refractivity contribution in [3.8, 4) is 5.75 Å². The number of phenols is 1. The summed E-state index contributed by atoms with van der Waals surface area (Å²) < 4.78 is 0. The minimum Gasteiger partial charge on any atom is -0.507 e. The first-order valence-corrected chi connectivity index (χ1v) is 8.24. The highest BCUT2D eigenvalue weighted by atomic mass is 32.1. The lowest BCUT2D eigenvalue weighted by atomic mass is 9.77. The Morgan fingerprint density at radius 2 is 1.55 bits per heavy atom. The largest absolute Gasteiger partial charge is 0.507 e. The third-order valence-electron chi connectivity index (χ3n) is 3.84. The molecule has 0 aromatic heterocycles. The smallest absolute Gasteiger partial charge is 0.123 e. The van der Waals surface area contributed by atoms with Crippen LogP contribution < -0.4 is 0 Å². The summed E-state index contributed by atoms with van der Waals surface area (Å²) in [5, 5.41) is 10.4. The van der Waals surface area contributed by atoms with E-state index in [1.807, 2.05) is 13.8 Å². The van der Waals surface area contributed by atoms with E-state index in [4.69, 9.17) is 0 Å². The monoisotopic (exact) mass is 296 g/mol. The SMILES string of the molecule is CC.CCC(C)(C)c1cc(C(C)(C)C)cc(CS)c1O. The van der Waals surface area contributed by atoms with Gasteiger partial charge in [-0.05, 0) is 22.8 Å². The Labute approximate surface area is 131 Å². The molecule has 1 aromatic rings. The molecule has 1 rings (SSSR count). The van der Waals surface area contributed by atoms with Crippen LogP contribution >= 0.6 is 12.6 Å². The summed E-state index contributed by atoms with van der Waals surface area (Å²) in [6.45, 7) is 17.1. The van der Waals surface area contributed by atoms with Crippen LogP contribution in [0.2, 0.25) is 0 Å². The van der Waals surface area contributed by atoms with Crippen LogP contribution in [-0.4, -0.2) is 5.11 Å². The maximum Gasteiger partial charge on any atom is 0.123 e. The maximum absolute atomic E-state index is 10.4. The molecule has 0 bridgehead atoms. The van der Waals surface area contributed by atoms with Gasteiger partial charge in [0.15, 0.2) is 0 Å². The van der Waals surface area contributed by atoms with Crippen LogP contribution in [0.15, 0.2) is 12.1 Å². The minimum atomic E-state index is -0.0109. The number of rotatable bonds is 3. The Bertz CT molecular complexity index is 428. The topological polar surface area (TPSA) is 20.2 Å². The predicted octanol–water partition coefficient (Wildman–Crippen LogP) is 5.83. The van der Waals surface area contributed by atoms with E-state index in [1.54, 1.807) is 0 Å². The van der Waals surface area contributed by atoms with E-state index in [-0.39, 0.29) is 10.8 Å². The van der Waals surface area contributed by atoms with Crippen molar-refractivity contribution in [2.75, 3.05) is 0 Å². The molecule has 0 amide bonds. The average molecular weight is 297 g/mol. The Hall–Kier alpha value is -0.630. The molecule has 116 valence electrons. The quantitative estimate of drug-likeness (QED) is 0.672. The van der Waals surface area contributed by atoms with Gasteiger partial charge in [-0.3, -0.25) is 0 Å². The Morgan fingerprint density at radius 3 is 1.90 bits per heavy atom. The first-order chi connectivity index (χ1) is 9.13. The molecular formula is C18H32OS. The second kappa shape index (κ2) is 7.40. The van der Waals surface area contributed by atoms with Crippen LogP contribution in [0.25, 0.3) is 0 Å². The van der Waals surface area contributed by atoms with Gasteiger partial charge < -0.3 is 5.11 Å². The highest BCUT2D eigenvalue weighted by Crippen LogP contribution is 2.39. The Balaban J connectivity index is 0.00000172. The van der Waals surface area contributed by atoms with E-state index in [0.29, 0.717) is 11.5 Å². The fourth-order valence-corrected chi connectivity index (χ4v) is 2.20. The number of hydrogen-bond donors (Lipinski definition) is 2. The van der Waals surface area contributed by atoms with Crippen molar-refractivity contribution in [3.63, 3.8) is 0 Å². The van der Waals surface area contributed by atoms with Crippen molar-refractivity contribution in [1.82, 2.24) is 0 Å². The summed E-state index contributed by atoms with van der Waals surface area (Å²) >= 11 is 4.34. The molecule has 0 spiro atoms. The average Bonchev–Trinajstić information content (AvgIpc) is 2.39. The summed E-state index contributed by atoms with van der Waals surface area (Å²) in [7, 11) is 0. The van der Waals surface area contributed by atoms with Gasteiger partial charge in [0.2, 0.25) is 0 Å². The molecule has 20 heavy (non-hydrogen) atoms.